The molecule has 8 nitrogen and oxygen atoms in total. The van der Waals surface area contributed by atoms with Crippen LogP contribution in [0.4, 0.5) is 11.4 Å². The van der Waals surface area contributed by atoms with E-state index in [1.54, 1.807) is 12.1 Å². The van der Waals surface area contributed by atoms with Crippen LogP contribution >= 0.6 is 0 Å². The van der Waals surface area contributed by atoms with Crippen molar-refractivity contribution in [2.24, 2.45) is 0 Å². The van der Waals surface area contributed by atoms with E-state index >= 15 is 0 Å². The molecule has 0 bridgehead atoms. The summed E-state index contributed by atoms with van der Waals surface area (Å²) in [5.74, 6) is 0.244. The first-order valence-corrected chi connectivity index (χ1v) is 6.13. The number of rotatable bonds is 5. The minimum Gasteiger partial charge on any atom is -0.490 e. The molecular weight excluding hydrogens is 292 g/mol. The maximum atomic E-state index is 11.0. The normalized spacial score (nSPS) is 10.1. The summed E-state index contributed by atoms with van der Waals surface area (Å²) < 4.78 is 9.85. The van der Waals surface area contributed by atoms with Crippen molar-refractivity contribution >= 4 is 11.4 Å². The van der Waals surface area contributed by atoms with Gasteiger partial charge in [-0.2, -0.15) is 0 Å². The van der Waals surface area contributed by atoms with Gasteiger partial charge in [0, 0.05) is 12.1 Å². The van der Waals surface area contributed by atoms with Crippen LogP contribution in [-0.4, -0.2) is 24.1 Å². The zero-order valence-corrected chi connectivity index (χ0v) is 11.8. The highest BCUT2D eigenvalue weighted by Gasteiger charge is 2.19. The van der Waals surface area contributed by atoms with Crippen LogP contribution in [0.25, 0.3) is 11.1 Å². The number of nitro benzene ring substituents is 2. The number of methoxy groups -OCH3 is 2. The molecule has 0 saturated heterocycles. The van der Waals surface area contributed by atoms with Crippen LogP contribution < -0.4 is 9.47 Å². The Morgan fingerprint density at radius 3 is 1.41 bits per heavy atom. The Kier molecular flexibility index (Phi) is 4.21. The predicted octanol–water partition coefficient (Wildman–Crippen LogP) is 3.19. The van der Waals surface area contributed by atoms with Crippen LogP contribution in [0.15, 0.2) is 36.4 Å². The molecular formula is C14H12N2O6. The molecule has 0 aromatic heterocycles. The van der Waals surface area contributed by atoms with Gasteiger partial charge in [0.25, 0.3) is 0 Å². The largest absolute Gasteiger partial charge is 0.490 e. The van der Waals surface area contributed by atoms with Gasteiger partial charge < -0.3 is 9.47 Å². The molecule has 0 aliphatic heterocycles. The zero-order valence-electron chi connectivity index (χ0n) is 11.8. The van der Waals surface area contributed by atoms with Crippen LogP contribution in [0, 0.1) is 20.2 Å². The monoisotopic (exact) mass is 304 g/mol. The molecule has 0 spiro atoms. The molecule has 114 valence electrons. The maximum Gasteiger partial charge on any atom is 0.311 e. The fourth-order valence-electron chi connectivity index (χ4n) is 2.02. The van der Waals surface area contributed by atoms with Crippen molar-refractivity contribution in [1.29, 1.82) is 0 Å². The van der Waals surface area contributed by atoms with Gasteiger partial charge in [-0.1, -0.05) is 12.1 Å². The first kappa shape index (κ1) is 15.2. The van der Waals surface area contributed by atoms with Crippen molar-refractivity contribution < 1.29 is 19.3 Å². The predicted molar refractivity (Wildman–Crippen MR) is 78.3 cm³/mol. The third kappa shape index (κ3) is 2.80. The third-order valence-corrected chi connectivity index (χ3v) is 3.08. The lowest BCUT2D eigenvalue weighted by Gasteiger charge is -2.07. The number of benzene rings is 2. The first-order valence-electron chi connectivity index (χ1n) is 6.13. The Morgan fingerprint density at radius 2 is 1.14 bits per heavy atom. The summed E-state index contributed by atoms with van der Waals surface area (Å²) >= 11 is 0. The highest BCUT2D eigenvalue weighted by Crippen LogP contribution is 2.36. The van der Waals surface area contributed by atoms with E-state index in [1.165, 1.54) is 38.5 Å². The Hall–Kier alpha value is -3.16. The van der Waals surface area contributed by atoms with Crippen molar-refractivity contribution in [3.63, 3.8) is 0 Å². The van der Waals surface area contributed by atoms with E-state index in [0.717, 1.165) is 0 Å². The summed E-state index contributed by atoms with van der Waals surface area (Å²) in [6, 6.07) is 8.70. The van der Waals surface area contributed by atoms with Gasteiger partial charge in [0.15, 0.2) is 11.5 Å². The van der Waals surface area contributed by atoms with Crippen molar-refractivity contribution in [1.82, 2.24) is 0 Å². The molecule has 0 amide bonds. The van der Waals surface area contributed by atoms with Gasteiger partial charge in [0.05, 0.1) is 24.1 Å². The van der Waals surface area contributed by atoms with Crippen LogP contribution in [0.1, 0.15) is 0 Å². The molecule has 22 heavy (non-hydrogen) atoms. The van der Waals surface area contributed by atoms with Crippen molar-refractivity contribution in [2.45, 2.75) is 0 Å². The van der Waals surface area contributed by atoms with Gasteiger partial charge in [0.1, 0.15) is 0 Å². The summed E-state index contributed by atoms with van der Waals surface area (Å²) in [5, 5.41) is 22.1. The number of nitro groups is 2. The van der Waals surface area contributed by atoms with Crippen molar-refractivity contribution in [3.05, 3.63) is 56.6 Å². The summed E-state index contributed by atoms with van der Waals surface area (Å²) in [4.78, 5) is 20.9. The highest BCUT2D eigenvalue weighted by atomic mass is 16.6. The van der Waals surface area contributed by atoms with Gasteiger partial charge in [-0.3, -0.25) is 20.2 Å². The van der Waals surface area contributed by atoms with E-state index in [-0.39, 0.29) is 22.9 Å². The van der Waals surface area contributed by atoms with Crippen molar-refractivity contribution in [3.8, 4) is 22.6 Å². The molecule has 0 atom stereocenters. The number of hydrogen-bond donors (Lipinski definition) is 0. The molecule has 2 aromatic rings. The molecule has 0 unspecified atom stereocenters. The molecule has 0 aliphatic carbocycles. The van der Waals surface area contributed by atoms with E-state index in [2.05, 4.69) is 0 Å². The Bertz CT molecular complexity index is 681. The quantitative estimate of drug-likeness (QED) is 0.620. The molecule has 2 aromatic carbocycles. The fourth-order valence-corrected chi connectivity index (χ4v) is 2.02. The Morgan fingerprint density at radius 1 is 0.773 bits per heavy atom. The van der Waals surface area contributed by atoms with E-state index < -0.39 is 9.85 Å². The fraction of sp³-hybridized carbons (Fsp3) is 0.143. The Labute approximate surface area is 125 Å². The van der Waals surface area contributed by atoms with Crippen molar-refractivity contribution in [2.75, 3.05) is 14.2 Å². The maximum absolute atomic E-state index is 11.0. The Balaban J connectivity index is 2.57. The minimum atomic E-state index is -0.569. The lowest BCUT2D eigenvalue weighted by molar-refractivity contribution is -0.386. The van der Waals surface area contributed by atoms with Crippen LogP contribution in [0.5, 0.6) is 11.5 Å². The minimum absolute atomic E-state index is 0.122. The highest BCUT2D eigenvalue weighted by molar-refractivity contribution is 5.72. The number of hydrogen-bond acceptors (Lipinski definition) is 6. The average Bonchev–Trinajstić information content (AvgIpc) is 2.53. The average molecular weight is 304 g/mol. The summed E-state index contributed by atoms with van der Waals surface area (Å²) in [5.41, 5.74) is 0.522. The standard InChI is InChI=1S/C14H12N2O6/c1-21-13-5-3-9(7-11(13)15(17)18)10-4-6-14(22-2)12(8-10)16(19)20/h3-8H,1-2H3. The van der Waals surface area contributed by atoms with Crippen LogP contribution in [0.3, 0.4) is 0 Å². The smallest absolute Gasteiger partial charge is 0.311 e. The van der Waals surface area contributed by atoms with Gasteiger partial charge in [-0.15, -0.1) is 0 Å². The molecule has 8 heteroatoms. The van der Waals surface area contributed by atoms with Gasteiger partial charge in [0.2, 0.25) is 0 Å². The van der Waals surface area contributed by atoms with Crippen LogP contribution in [0.2, 0.25) is 0 Å². The van der Waals surface area contributed by atoms with E-state index in [9.17, 15) is 20.2 Å². The van der Waals surface area contributed by atoms with Crippen LogP contribution in [-0.2, 0) is 0 Å². The van der Waals surface area contributed by atoms with E-state index in [1.807, 2.05) is 0 Å². The second kappa shape index (κ2) is 6.08. The number of nitrogens with zero attached hydrogens (tertiary/aromatic N) is 2. The topological polar surface area (TPSA) is 105 Å². The molecule has 0 fully saturated rings. The molecule has 0 aliphatic rings. The first-order chi connectivity index (χ1) is 10.5. The van der Waals surface area contributed by atoms with Gasteiger partial charge in [-0.25, -0.2) is 0 Å². The summed E-state index contributed by atoms with van der Waals surface area (Å²) in [6.45, 7) is 0. The molecule has 0 heterocycles. The van der Waals surface area contributed by atoms with E-state index in [0.29, 0.717) is 11.1 Å². The number of ether oxygens (including phenoxy) is 2. The van der Waals surface area contributed by atoms with E-state index in [4.69, 9.17) is 9.47 Å². The lowest BCUT2D eigenvalue weighted by atomic mass is 10.0. The molecule has 0 N–H and O–H groups in total. The van der Waals surface area contributed by atoms with Gasteiger partial charge in [-0.05, 0) is 23.3 Å². The molecule has 2 rings (SSSR count). The second-order valence-corrected chi connectivity index (χ2v) is 4.29. The zero-order chi connectivity index (χ0) is 16.3. The lowest BCUT2D eigenvalue weighted by Crippen LogP contribution is -1.96. The summed E-state index contributed by atoms with van der Waals surface area (Å²) in [7, 11) is 2.67. The second-order valence-electron chi connectivity index (χ2n) is 4.29. The molecule has 0 saturated carbocycles. The SMILES string of the molecule is COc1ccc(-c2ccc(OC)c([N+](=O)[O-])c2)cc1[N+](=O)[O-]. The van der Waals surface area contributed by atoms with Gasteiger partial charge >= 0.3 is 11.4 Å². The third-order valence-electron chi connectivity index (χ3n) is 3.08. The molecule has 0 radical (unpaired) electrons. The summed E-state index contributed by atoms with van der Waals surface area (Å²) in [6.07, 6.45) is 0.